The van der Waals surface area contributed by atoms with Gasteiger partial charge in [-0.15, -0.1) is 0 Å². The van der Waals surface area contributed by atoms with Gasteiger partial charge in [-0.2, -0.15) is 0 Å². The molecule has 1 aliphatic carbocycles. The van der Waals surface area contributed by atoms with Crippen molar-refractivity contribution in [3.05, 3.63) is 94.5 Å². The van der Waals surface area contributed by atoms with E-state index in [2.05, 4.69) is 5.32 Å². The Morgan fingerprint density at radius 1 is 0.905 bits per heavy atom. The molecule has 1 aliphatic rings. The summed E-state index contributed by atoms with van der Waals surface area (Å²) in [7, 11) is -4.19. The Balaban J connectivity index is 1.66. The van der Waals surface area contributed by atoms with Gasteiger partial charge in [0.15, 0.2) is 0 Å². The predicted octanol–water partition coefficient (Wildman–Crippen LogP) is 6.49. The van der Waals surface area contributed by atoms with Crippen LogP contribution in [0.2, 0.25) is 10.0 Å². The molecule has 10 heteroatoms. The van der Waals surface area contributed by atoms with Gasteiger partial charge >= 0.3 is 0 Å². The van der Waals surface area contributed by atoms with Gasteiger partial charge in [0.25, 0.3) is 10.0 Å². The molecule has 0 heterocycles. The normalized spacial score (nSPS) is 14.6. The second-order valence-corrected chi connectivity index (χ2v) is 13.3. The summed E-state index contributed by atoms with van der Waals surface area (Å²) in [5.41, 5.74) is 1.26. The number of halogens is 2. The van der Waals surface area contributed by atoms with Crippen molar-refractivity contribution >= 4 is 50.7 Å². The van der Waals surface area contributed by atoms with Gasteiger partial charge in [-0.1, -0.05) is 85.8 Å². The monoisotopic (exact) mass is 629 g/mol. The van der Waals surface area contributed by atoms with Gasteiger partial charge in [0.05, 0.1) is 10.6 Å². The van der Waals surface area contributed by atoms with E-state index in [1.165, 1.54) is 35.2 Å². The van der Waals surface area contributed by atoms with E-state index in [1.807, 2.05) is 37.3 Å². The third-order valence-electron chi connectivity index (χ3n) is 7.60. The molecule has 42 heavy (non-hydrogen) atoms. The molecule has 0 aliphatic heterocycles. The maximum Gasteiger partial charge on any atom is 0.264 e. The molecule has 0 saturated heterocycles. The van der Waals surface area contributed by atoms with E-state index in [4.69, 9.17) is 23.2 Å². The number of hydrogen-bond acceptors (Lipinski definition) is 4. The van der Waals surface area contributed by atoms with Gasteiger partial charge in [0, 0.05) is 22.6 Å². The summed E-state index contributed by atoms with van der Waals surface area (Å²) >= 11 is 12.3. The zero-order chi connectivity index (χ0) is 30.1. The Morgan fingerprint density at radius 3 is 2.24 bits per heavy atom. The highest BCUT2D eigenvalue weighted by atomic mass is 35.5. The van der Waals surface area contributed by atoms with E-state index in [1.54, 1.807) is 18.2 Å². The van der Waals surface area contributed by atoms with E-state index in [0.717, 1.165) is 42.0 Å². The van der Waals surface area contributed by atoms with Crippen molar-refractivity contribution < 1.29 is 18.0 Å². The van der Waals surface area contributed by atoms with Gasteiger partial charge in [0.2, 0.25) is 11.8 Å². The average molecular weight is 631 g/mol. The standard InChI is InChI=1S/C32H37Cl2N3O4S/c1-2-30(32(39)35-27-13-7-4-8-14-27)36(21-20-24-10-5-3-6-11-24)31(38)23-37(28-15-9-12-26(34)22-28)42(40,41)29-18-16-25(33)17-19-29/h3,5-6,9-12,15-19,22,27,30H,2,4,7-8,13-14,20-21,23H2,1H3,(H,35,39). The molecule has 1 saturated carbocycles. The fourth-order valence-corrected chi connectivity index (χ4v) is 7.05. The number of benzene rings is 3. The molecule has 3 aromatic rings. The summed E-state index contributed by atoms with van der Waals surface area (Å²) in [6.07, 6.45) is 6.03. The minimum atomic E-state index is -4.19. The number of rotatable bonds is 12. The highest BCUT2D eigenvalue weighted by molar-refractivity contribution is 7.92. The highest BCUT2D eigenvalue weighted by Gasteiger charge is 2.34. The minimum Gasteiger partial charge on any atom is -0.352 e. The molecule has 0 aromatic heterocycles. The van der Waals surface area contributed by atoms with Crippen molar-refractivity contribution in [2.75, 3.05) is 17.4 Å². The maximum absolute atomic E-state index is 14.1. The molecular weight excluding hydrogens is 593 g/mol. The van der Waals surface area contributed by atoms with Crippen LogP contribution in [0.15, 0.2) is 83.8 Å². The highest BCUT2D eigenvalue weighted by Crippen LogP contribution is 2.27. The third-order valence-corrected chi connectivity index (χ3v) is 9.87. The van der Waals surface area contributed by atoms with Gasteiger partial charge < -0.3 is 10.2 Å². The van der Waals surface area contributed by atoms with Gasteiger partial charge in [-0.25, -0.2) is 8.42 Å². The lowest BCUT2D eigenvalue weighted by molar-refractivity contribution is -0.140. The van der Waals surface area contributed by atoms with Gasteiger partial charge in [-0.3, -0.25) is 13.9 Å². The quantitative estimate of drug-likeness (QED) is 0.248. The van der Waals surface area contributed by atoms with Crippen LogP contribution in [0.5, 0.6) is 0 Å². The van der Waals surface area contributed by atoms with Crippen molar-refractivity contribution in [3.63, 3.8) is 0 Å². The molecule has 1 atom stereocenters. The lowest BCUT2D eigenvalue weighted by atomic mass is 9.95. The summed E-state index contributed by atoms with van der Waals surface area (Å²) in [5, 5.41) is 3.88. The van der Waals surface area contributed by atoms with Crippen LogP contribution in [-0.4, -0.2) is 50.3 Å². The number of carbonyl (C=O) groups excluding carboxylic acids is 2. The third kappa shape index (κ3) is 8.27. The first-order valence-electron chi connectivity index (χ1n) is 14.4. The molecule has 7 nitrogen and oxygen atoms in total. The maximum atomic E-state index is 14.1. The number of carbonyl (C=O) groups is 2. The summed E-state index contributed by atoms with van der Waals surface area (Å²) in [5.74, 6) is -0.685. The second kappa shape index (κ2) is 14.9. The van der Waals surface area contributed by atoms with Gasteiger partial charge in [-0.05, 0) is 73.7 Å². The largest absolute Gasteiger partial charge is 0.352 e. The molecule has 0 spiro atoms. The number of hydrogen-bond donors (Lipinski definition) is 1. The zero-order valence-corrected chi connectivity index (χ0v) is 26.0. The predicted molar refractivity (Wildman–Crippen MR) is 168 cm³/mol. The molecule has 0 radical (unpaired) electrons. The molecule has 3 aromatic carbocycles. The van der Waals surface area contributed by atoms with Crippen molar-refractivity contribution in [2.24, 2.45) is 0 Å². The van der Waals surface area contributed by atoms with Crippen LogP contribution in [-0.2, 0) is 26.0 Å². The number of nitrogens with zero attached hydrogens (tertiary/aromatic N) is 2. The molecule has 2 amide bonds. The van der Waals surface area contributed by atoms with Gasteiger partial charge in [0.1, 0.15) is 12.6 Å². The first-order chi connectivity index (χ1) is 20.2. The smallest absolute Gasteiger partial charge is 0.264 e. The first kappa shape index (κ1) is 31.9. The van der Waals surface area contributed by atoms with Crippen molar-refractivity contribution in [1.82, 2.24) is 10.2 Å². The SMILES string of the molecule is CCC(C(=O)NC1CCCCC1)N(CCc1ccccc1)C(=O)CN(c1cccc(Cl)c1)S(=O)(=O)c1ccc(Cl)cc1. The van der Waals surface area contributed by atoms with Crippen LogP contribution >= 0.6 is 23.2 Å². The fourth-order valence-electron chi connectivity index (χ4n) is 5.33. The number of anilines is 1. The van der Waals surface area contributed by atoms with E-state index in [9.17, 15) is 18.0 Å². The zero-order valence-electron chi connectivity index (χ0n) is 23.7. The van der Waals surface area contributed by atoms with Crippen LogP contribution in [0.1, 0.15) is 51.0 Å². The van der Waals surface area contributed by atoms with Crippen molar-refractivity contribution in [1.29, 1.82) is 0 Å². The van der Waals surface area contributed by atoms with E-state index < -0.39 is 28.5 Å². The van der Waals surface area contributed by atoms with Crippen LogP contribution < -0.4 is 9.62 Å². The summed E-state index contributed by atoms with van der Waals surface area (Å²) in [6.45, 7) is 1.62. The van der Waals surface area contributed by atoms with Crippen LogP contribution in [0.4, 0.5) is 5.69 Å². The number of amides is 2. The number of nitrogens with one attached hydrogen (secondary N) is 1. The number of sulfonamides is 1. The Bertz CT molecular complexity index is 1450. The molecule has 224 valence electrons. The van der Waals surface area contributed by atoms with E-state index in [0.29, 0.717) is 22.9 Å². The molecule has 4 rings (SSSR count). The lowest BCUT2D eigenvalue weighted by Gasteiger charge is -2.34. The van der Waals surface area contributed by atoms with Crippen LogP contribution in [0.3, 0.4) is 0 Å². The summed E-state index contributed by atoms with van der Waals surface area (Å²) < 4.78 is 28.9. The minimum absolute atomic E-state index is 0.0161. The molecular formula is C32H37Cl2N3O4S. The summed E-state index contributed by atoms with van der Waals surface area (Å²) in [6, 6.07) is 21.2. The topological polar surface area (TPSA) is 86.8 Å². The van der Waals surface area contributed by atoms with Crippen molar-refractivity contribution in [2.45, 2.75) is 68.8 Å². The van der Waals surface area contributed by atoms with Crippen molar-refractivity contribution in [3.8, 4) is 0 Å². The Kier molecular flexibility index (Phi) is 11.3. The molecule has 1 N–H and O–H groups in total. The van der Waals surface area contributed by atoms with Crippen LogP contribution in [0, 0.1) is 0 Å². The Morgan fingerprint density at radius 2 is 1.60 bits per heavy atom. The fraction of sp³-hybridized carbons (Fsp3) is 0.375. The molecule has 1 unspecified atom stereocenters. The summed E-state index contributed by atoms with van der Waals surface area (Å²) in [4.78, 5) is 29.2. The Labute approximate surface area is 258 Å². The van der Waals surface area contributed by atoms with E-state index >= 15 is 0 Å². The molecule has 1 fully saturated rings. The lowest BCUT2D eigenvalue weighted by Crippen LogP contribution is -2.54. The Hall–Kier alpha value is -3.07. The second-order valence-electron chi connectivity index (χ2n) is 10.5. The van der Waals surface area contributed by atoms with Crippen LogP contribution in [0.25, 0.3) is 0 Å². The first-order valence-corrected chi connectivity index (χ1v) is 16.6. The van der Waals surface area contributed by atoms with E-state index in [-0.39, 0.29) is 29.1 Å². The average Bonchev–Trinajstić information content (AvgIpc) is 2.99. The molecule has 0 bridgehead atoms.